The normalized spacial score (nSPS) is 14.7. The molecule has 4 heteroatoms. The highest BCUT2D eigenvalue weighted by Gasteiger charge is 2.56. The van der Waals surface area contributed by atoms with Crippen LogP contribution >= 0.6 is 0 Å². The molecule has 2 nitrogen and oxygen atoms in total. The first-order valence-electron chi connectivity index (χ1n) is 19.1. The fourth-order valence-electron chi connectivity index (χ4n) is 11.5. The van der Waals surface area contributed by atoms with Crippen molar-refractivity contribution in [2.45, 2.75) is 0 Å². The Hall–Kier alpha value is -6.62. The standard InChI is InChI=1S/C50H29BN2Si/c1-3-15-32-30(13-1)27-28-40-46(32)36-19-11-20-37-47-33-16-4-2-14-31(33)29-41-48(47)51(53(40)49(36)37)38-21-12-26-45-50(38)52(41)39-22-7-10-25-44(39)54(45)42-23-8-5-17-34(42)35-18-6-9-24-43(35)54/h1-29H. The van der Waals surface area contributed by atoms with Gasteiger partial charge in [0.05, 0.1) is 0 Å². The Balaban J connectivity index is 1.22. The molecule has 1 aromatic heterocycles. The molecule has 4 aliphatic heterocycles. The molecule has 0 radical (unpaired) electrons. The molecule has 0 fully saturated rings. The van der Waals surface area contributed by atoms with Crippen LogP contribution in [-0.2, 0) is 0 Å². The monoisotopic (exact) mass is 696 g/mol. The number of aromatic nitrogens is 1. The molecule has 0 saturated heterocycles. The van der Waals surface area contributed by atoms with Crippen LogP contribution in [0.1, 0.15) is 0 Å². The molecule has 0 N–H and O–H groups in total. The first kappa shape index (κ1) is 28.0. The topological polar surface area (TPSA) is 8.17 Å². The summed E-state index contributed by atoms with van der Waals surface area (Å²) in [5.74, 6) is 0. The number of para-hydroxylation sites is 3. The summed E-state index contributed by atoms with van der Waals surface area (Å²) in [5, 5.41) is 13.9. The van der Waals surface area contributed by atoms with Crippen LogP contribution in [0.5, 0.6) is 0 Å². The molecule has 4 aliphatic rings. The van der Waals surface area contributed by atoms with E-state index in [1.54, 1.807) is 0 Å². The van der Waals surface area contributed by atoms with Crippen LogP contribution in [0, 0.1) is 0 Å². The number of rotatable bonds is 0. The van der Waals surface area contributed by atoms with Gasteiger partial charge in [0.1, 0.15) is 0 Å². The van der Waals surface area contributed by atoms with E-state index in [4.69, 9.17) is 0 Å². The molecule has 10 aromatic rings. The molecule has 0 saturated carbocycles. The van der Waals surface area contributed by atoms with Crippen molar-refractivity contribution >= 4 is 107 Å². The molecule has 0 amide bonds. The van der Waals surface area contributed by atoms with Crippen molar-refractivity contribution in [2.75, 3.05) is 4.90 Å². The van der Waals surface area contributed by atoms with Crippen molar-refractivity contribution in [1.82, 2.24) is 4.48 Å². The smallest absolute Gasteiger partial charge is 0.333 e. The van der Waals surface area contributed by atoms with Crippen LogP contribution in [0.4, 0.5) is 17.1 Å². The minimum atomic E-state index is -2.73. The average Bonchev–Trinajstić information content (AvgIpc) is 3.73. The zero-order valence-corrected chi connectivity index (χ0v) is 30.2. The van der Waals surface area contributed by atoms with E-state index >= 15 is 0 Å². The molecular weight excluding hydrogens is 667 g/mol. The van der Waals surface area contributed by atoms with E-state index in [-0.39, 0.29) is 6.85 Å². The molecule has 246 valence electrons. The molecule has 54 heavy (non-hydrogen) atoms. The fraction of sp³-hybridized carbons (Fsp3) is 0. The summed E-state index contributed by atoms with van der Waals surface area (Å²) in [7, 11) is -2.73. The summed E-state index contributed by atoms with van der Waals surface area (Å²) >= 11 is 0. The fourth-order valence-corrected chi connectivity index (χ4v) is 17.1. The predicted octanol–water partition coefficient (Wildman–Crippen LogP) is 8.19. The van der Waals surface area contributed by atoms with Gasteiger partial charge in [0.15, 0.2) is 8.07 Å². The van der Waals surface area contributed by atoms with E-state index < -0.39 is 8.07 Å². The Labute approximate surface area is 313 Å². The van der Waals surface area contributed by atoms with E-state index in [1.807, 2.05) is 0 Å². The largest absolute Gasteiger partial charge is 0.375 e. The van der Waals surface area contributed by atoms with Crippen LogP contribution in [0.2, 0.25) is 0 Å². The van der Waals surface area contributed by atoms with Crippen molar-refractivity contribution in [3.05, 3.63) is 176 Å². The van der Waals surface area contributed by atoms with Crippen LogP contribution < -0.4 is 36.6 Å². The van der Waals surface area contributed by atoms with Crippen LogP contribution in [0.3, 0.4) is 0 Å². The lowest BCUT2D eigenvalue weighted by Gasteiger charge is -2.49. The summed E-state index contributed by atoms with van der Waals surface area (Å²) in [4.78, 5) is 2.68. The van der Waals surface area contributed by atoms with Gasteiger partial charge in [-0.25, -0.2) is 0 Å². The first-order chi connectivity index (χ1) is 26.8. The molecule has 5 heterocycles. The van der Waals surface area contributed by atoms with Gasteiger partial charge in [-0.15, -0.1) is 0 Å². The van der Waals surface area contributed by atoms with E-state index in [1.165, 1.54) is 114 Å². The highest BCUT2D eigenvalue weighted by Crippen LogP contribution is 2.49. The van der Waals surface area contributed by atoms with Gasteiger partial charge in [0.25, 0.3) is 0 Å². The van der Waals surface area contributed by atoms with Crippen molar-refractivity contribution in [1.29, 1.82) is 0 Å². The number of benzene rings is 9. The number of hydrogen-bond acceptors (Lipinski definition) is 1. The molecule has 9 aromatic carbocycles. The minimum Gasteiger partial charge on any atom is -0.375 e. The summed E-state index contributed by atoms with van der Waals surface area (Å²) < 4.78 is 2.73. The lowest BCUT2D eigenvalue weighted by atomic mass is 9.44. The maximum Gasteiger partial charge on any atom is 0.333 e. The van der Waals surface area contributed by atoms with Crippen molar-refractivity contribution < 1.29 is 0 Å². The summed E-state index contributed by atoms with van der Waals surface area (Å²) in [6, 6.07) is 67.6. The Morgan fingerprint density at radius 1 is 0.444 bits per heavy atom. The van der Waals surface area contributed by atoms with E-state index in [0.29, 0.717) is 0 Å². The van der Waals surface area contributed by atoms with Gasteiger partial charge in [-0.3, -0.25) is 0 Å². The highest BCUT2D eigenvalue weighted by molar-refractivity contribution is 7.24. The third-order valence-electron chi connectivity index (χ3n) is 13.3. The Kier molecular flexibility index (Phi) is 4.91. The molecule has 0 bridgehead atoms. The molecule has 0 unspecified atom stereocenters. The minimum absolute atomic E-state index is 0.00470. The van der Waals surface area contributed by atoms with Crippen molar-refractivity contribution in [3.8, 4) is 22.3 Å². The zero-order valence-electron chi connectivity index (χ0n) is 29.2. The first-order valence-corrected chi connectivity index (χ1v) is 21.1. The van der Waals surface area contributed by atoms with Gasteiger partial charge in [0, 0.05) is 44.4 Å². The predicted molar refractivity (Wildman–Crippen MR) is 231 cm³/mol. The molecule has 1 spiro atoms. The van der Waals surface area contributed by atoms with Gasteiger partial charge >= 0.3 is 6.85 Å². The maximum absolute atomic E-state index is 2.73. The van der Waals surface area contributed by atoms with Gasteiger partial charge in [-0.1, -0.05) is 158 Å². The van der Waals surface area contributed by atoms with Crippen LogP contribution in [0.15, 0.2) is 176 Å². The van der Waals surface area contributed by atoms with Crippen LogP contribution in [-0.4, -0.2) is 19.4 Å². The number of hydrogen-bond donors (Lipinski definition) is 0. The zero-order chi connectivity index (χ0) is 34.9. The average molecular weight is 697 g/mol. The second kappa shape index (κ2) is 9.48. The van der Waals surface area contributed by atoms with Crippen molar-refractivity contribution in [3.63, 3.8) is 0 Å². The quantitative estimate of drug-likeness (QED) is 0.145. The molecule has 14 rings (SSSR count). The summed E-state index contributed by atoms with van der Waals surface area (Å²) in [6.45, 7) is 0.00470. The van der Waals surface area contributed by atoms with E-state index in [0.717, 1.165) is 0 Å². The molecular formula is C50H29BN2Si. The lowest BCUT2D eigenvalue weighted by molar-refractivity contribution is 1.26. The van der Waals surface area contributed by atoms with Crippen molar-refractivity contribution in [2.24, 2.45) is 0 Å². The Bertz CT molecular complexity index is 3330. The molecule has 0 atom stereocenters. The van der Waals surface area contributed by atoms with Gasteiger partial charge < -0.3 is 9.38 Å². The lowest BCUT2D eigenvalue weighted by Crippen LogP contribution is -2.77. The van der Waals surface area contributed by atoms with E-state index in [2.05, 4.69) is 185 Å². The number of fused-ring (bicyclic) bond motifs is 20. The summed E-state index contributed by atoms with van der Waals surface area (Å²) in [5.41, 5.74) is 14.9. The summed E-state index contributed by atoms with van der Waals surface area (Å²) in [6.07, 6.45) is 0. The SMILES string of the molecule is c1ccc2c(c1)-c1ccccc1[Si]21c2ccccc2N2c3cc4ccccc4c4c3B(c3cccc1c32)n1c2ccc3ccccc3c2c2cccc-4c21. The van der Waals surface area contributed by atoms with E-state index in [9.17, 15) is 0 Å². The number of anilines is 3. The maximum atomic E-state index is 2.73. The van der Waals surface area contributed by atoms with Crippen LogP contribution in [0.25, 0.3) is 65.6 Å². The third kappa shape index (κ3) is 2.97. The Morgan fingerprint density at radius 2 is 1.07 bits per heavy atom. The van der Waals surface area contributed by atoms with Gasteiger partial charge in [-0.05, 0) is 88.1 Å². The highest BCUT2D eigenvalue weighted by atomic mass is 28.3. The second-order valence-electron chi connectivity index (χ2n) is 15.5. The second-order valence-corrected chi connectivity index (χ2v) is 19.2. The van der Waals surface area contributed by atoms with Gasteiger partial charge in [0.2, 0.25) is 0 Å². The third-order valence-corrected chi connectivity index (χ3v) is 18.2. The van der Waals surface area contributed by atoms with Gasteiger partial charge in [-0.2, -0.15) is 0 Å². The molecule has 0 aliphatic carbocycles. The Morgan fingerprint density at radius 3 is 1.91 bits per heavy atom. The number of nitrogens with zero attached hydrogens (tertiary/aromatic N) is 2.